The van der Waals surface area contributed by atoms with Crippen molar-refractivity contribution in [1.29, 1.82) is 0 Å². The fraction of sp³-hybridized carbons (Fsp3) is 0.111. The Morgan fingerprint density at radius 2 is 2.36 bits per heavy atom. The summed E-state index contributed by atoms with van der Waals surface area (Å²) < 4.78 is 0. The number of H-pyrrole nitrogens is 1. The number of benzene rings is 1. The lowest BCUT2D eigenvalue weighted by Gasteiger charge is -2.02. The Labute approximate surface area is 79.6 Å². The van der Waals surface area contributed by atoms with Gasteiger partial charge >= 0.3 is 5.97 Å². The average molecular weight is 191 g/mol. The average Bonchev–Trinajstić information content (AvgIpc) is 2.57. The van der Waals surface area contributed by atoms with Gasteiger partial charge in [-0.2, -0.15) is 0 Å². The molecule has 0 bridgehead atoms. The first-order chi connectivity index (χ1) is 6.68. The minimum atomic E-state index is -0.897. The number of aromatic nitrogens is 2. The van der Waals surface area contributed by atoms with Crippen LogP contribution < -0.4 is 5.73 Å². The highest BCUT2D eigenvalue weighted by Crippen LogP contribution is 2.21. The number of hydrogen-bond acceptors (Lipinski definition) is 3. The van der Waals surface area contributed by atoms with Crippen LogP contribution in [0, 0.1) is 0 Å². The number of rotatable bonds is 2. The first-order valence-corrected chi connectivity index (χ1v) is 4.10. The first kappa shape index (κ1) is 8.55. The van der Waals surface area contributed by atoms with Crippen LogP contribution in [0.25, 0.3) is 11.0 Å². The second-order valence-corrected chi connectivity index (χ2v) is 3.01. The van der Waals surface area contributed by atoms with Crippen molar-refractivity contribution in [3.63, 3.8) is 0 Å². The quantitative estimate of drug-likeness (QED) is 0.611. The van der Waals surface area contributed by atoms with Gasteiger partial charge in [-0.15, -0.1) is 0 Å². The van der Waals surface area contributed by atoms with Crippen molar-refractivity contribution in [2.24, 2.45) is 0 Å². The molecule has 0 radical (unpaired) electrons. The Kier molecular flexibility index (Phi) is 1.85. The summed E-state index contributed by atoms with van der Waals surface area (Å²) in [5.41, 5.74) is 8.24. The van der Waals surface area contributed by atoms with Crippen molar-refractivity contribution in [3.8, 4) is 0 Å². The van der Waals surface area contributed by atoms with Gasteiger partial charge in [-0.1, -0.05) is 6.07 Å². The molecule has 5 nitrogen and oxygen atoms in total. The summed E-state index contributed by atoms with van der Waals surface area (Å²) in [5.74, 6) is -0.897. The maximum atomic E-state index is 10.5. The Morgan fingerprint density at radius 1 is 1.57 bits per heavy atom. The standard InChI is InChI=1S/C9H9N3O2/c10-8-5(3-7(13)14)1-2-6-9(8)12-4-11-6/h1-2,4H,3,10H2,(H,11,12)(H,13,14). The van der Waals surface area contributed by atoms with Gasteiger partial charge in [0.25, 0.3) is 0 Å². The molecule has 0 saturated carbocycles. The van der Waals surface area contributed by atoms with Crippen LogP contribution in [0.15, 0.2) is 18.5 Å². The van der Waals surface area contributed by atoms with Gasteiger partial charge in [0, 0.05) is 0 Å². The summed E-state index contributed by atoms with van der Waals surface area (Å²) >= 11 is 0. The molecule has 1 aromatic carbocycles. The summed E-state index contributed by atoms with van der Waals surface area (Å²) in [6.45, 7) is 0. The Morgan fingerprint density at radius 3 is 3.07 bits per heavy atom. The van der Waals surface area contributed by atoms with Crippen molar-refractivity contribution in [2.75, 3.05) is 5.73 Å². The molecule has 0 aliphatic carbocycles. The van der Waals surface area contributed by atoms with Gasteiger partial charge < -0.3 is 15.8 Å². The Hall–Kier alpha value is -2.04. The van der Waals surface area contributed by atoms with Crippen LogP contribution >= 0.6 is 0 Å². The van der Waals surface area contributed by atoms with Crippen LogP contribution in [0.4, 0.5) is 5.69 Å². The fourth-order valence-corrected chi connectivity index (χ4v) is 1.39. The minimum Gasteiger partial charge on any atom is -0.481 e. The number of anilines is 1. The molecule has 2 rings (SSSR count). The van der Waals surface area contributed by atoms with E-state index in [-0.39, 0.29) is 6.42 Å². The maximum Gasteiger partial charge on any atom is 0.307 e. The monoisotopic (exact) mass is 191 g/mol. The molecule has 4 N–H and O–H groups in total. The number of nitrogens with one attached hydrogen (secondary N) is 1. The molecule has 14 heavy (non-hydrogen) atoms. The molecule has 0 aliphatic rings. The topological polar surface area (TPSA) is 92.0 Å². The Bertz CT molecular complexity index is 490. The van der Waals surface area contributed by atoms with Crippen LogP contribution in [-0.4, -0.2) is 21.0 Å². The van der Waals surface area contributed by atoms with Crippen LogP contribution in [0.3, 0.4) is 0 Å². The zero-order chi connectivity index (χ0) is 10.1. The van der Waals surface area contributed by atoms with Gasteiger partial charge in [-0.05, 0) is 11.6 Å². The van der Waals surface area contributed by atoms with E-state index >= 15 is 0 Å². The zero-order valence-electron chi connectivity index (χ0n) is 7.32. The van der Waals surface area contributed by atoms with Crippen LogP contribution in [0.1, 0.15) is 5.56 Å². The predicted molar refractivity (Wildman–Crippen MR) is 51.8 cm³/mol. The van der Waals surface area contributed by atoms with Crippen molar-refractivity contribution >= 4 is 22.7 Å². The largest absolute Gasteiger partial charge is 0.481 e. The molecule has 5 heteroatoms. The number of imidazole rings is 1. The molecule has 72 valence electrons. The molecular formula is C9H9N3O2. The van der Waals surface area contributed by atoms with E-state index in [1.807, 2.05) is 0 Å². The fourth-order valence-electron chi connectivity index (χ4n) is 1.39. The number of nitrogen functional groups attached to an aromatic ring is 1. The molecule has 0 saturated heterocycles. The lowest BCUT2D eigenvalue weighted by Crippen LogP contribution is -2.03. The van der Waals surface area contributed by atoms with Gasteiger partial charge in [0.1, 0.15) is 5.52 Å². The third-order valence-corrected chi connectivity index (χ3v) is 2.06. The molecule has 0 amide bonds. The second kappa shape index (κ2) is 3.02. The minimum absolute atomic E-state index is 0.0748. The number of nitrogens with zero attached hydrogens (tertiary/aromatic N) is 1. The molecule has 0 aliphatic heterocycles. The number of carbonyl (C=O) groups is 1. The summed E-state index contributed by atoms with van der Waals surface area (Å²) in [7, 11) is 0. The van der Waals surface area contributed by atoms with Crippen molar-refractivity contribution in [1.82, 2.24) is 9.97 Å². The normalized spacial score (nSPS) is 10.6. The van der Waals surface area contributed by atoms with Gasteiger partial charge in [0.05, 0.1) is 24.0 Å². The van der Waals surface area contributed by atoms with E-state index in [1.165, 1.54) is 6.33 Å². The number of nitrogens with two attached hydrogens (primary N) is 1. The van der Waals surface area contributed by atoms with Crippen LogP contribution in [-0.2, 0) is 11.2 Å². The molecule has 2 aromatic rings. The van der Waals surface area contributed by atoms with Gasteiger partial charge in [-0.25, -0.2) is 4.98 Å². The lowest BCUT2D eigenvalue weighted by molar-refractivity contribution is -0.136. The molecule has 0 spiro atoms. The van der Waals surface area contributed by atoms with E-state index in [9.17, 15) is 4.79 Å². The Balaban J connectivity index is 2.56. The SMILES string of the molecule is Nc1c(CC(=O)O)ccc2[nH]cnc12. The van der Waals surface area contributed by atoms with E-state index < -0.39 is 5.97 Å². The van der Waals surface area contributed by atoms with Crippen LogP contribution in [0.2, 0.25) is 0 Å². The number of hydrogen-bond donors (Lipinski definition) is 3. The number of aromatic amines is 1. The van der Waals surface area contributed by atoms with E-state index in [0.717, 1.165) is 5.52 Å². The lowest BCUT2D eigenvalue weighted by atomic mass is 10.1. The summed E-state index contributed by atoms with van der Waals surface area (Å²) in [6, 6.07) is 3.47. The molecular weight excluding hydrogens is 182 g/mol. The van der Waals surface area contributed by atoms with Gasteiger partial charge in [-0.3, -0.25) is 4.79 Å². The number of carboxylic acids is 1. The van der Waals surface area contributed by atoms with Crippen molar-refractivity contribution < 1.29 is 9.90 Å². The smallest absolute Gasteiger partial charge is 0.307 e. The van der Waals surface area contributed by atoms with E-state index in [2.05, 4.69) is 9.97 Å². The predicted octanol–water partition coefficient (Wildman–Crippen LogP) is 0.772. The molecule has 0 unspecified atom stereocenters. The zero-order valence-corrected chi connectivity index (χ0v) is 7.32. The summed E-state index contributed by atoms with van der Waals surface area (Å²) in [5, 5.41) is 8.63. The molecule has 0 fully saturated rings. The third kappa shape index (κ3) is 1.28. The molecule has 1 heterocycles. The van der Waals surface area contributed by atoms with Gasteiger partial charge in [0.15, 0.2) is 0 Å². The first-order valence-electron chi connectivity index (χ1n) is 4.10. The van der Waals surface area contributed by atoms with E-state index in [1.54, 1.807) is 12.1 Å². The number of carboxylic acid groups (broad SMARTS) is 1. The van der Waals surface area contributed by atoms with Crippen molar-refractivity contribution in [3.05, 3.63) is 24.0 Å². The molecule has 1 aromatic heterocycles. The highest BCUT2D eigenvalue weighted by molar-refractivity contribution is 5.90. The molecule has 0 atom stereocenters. The second-order valence-electron chi connectivity index (χ2n) is 3.01. The highest BCUT2D eigenvalue weighted by Gasteiger charge is 2.08. The maximum absolute atomic E-state index is 10.5. The summed E-state index contributed by atoms with van der Waals surface area (Å²) in [6.07, 6.45) is 1.46. The van der Waals surface area contributed by atoms with E-state index in [4.69, 9.17) is 10.8 Å². The highest BCUT2D eigenvalue weighted by atomic mass is 16.4. The number of aliphatic carboxylic acids is 1. The van der Waals surface area contributed by atoms with Gasteiger partial charge in [0.2, 0.25) is 0 Å². The summed E-state index contributed by atoms with van der Waals surface area (Å²) in [4.78, 5) is 17.4. The van der Waals surface area contributed by atoms with Crippen LogP contribution in [0.5, 0.6) is 0 Å². The third-order valence-electron chi connectivity index (χ3n) is 2.06. The van der Waals surface area contributed by atoms with E-state index in [0.29, 0.717) is 16.8 Å². The van der Waals surface area contributed by atoms with Crippen molar-refractivity contribution in [2.45, 2.75) is 6.42 Å². The number of fused-ring (bicyclic) bond motifs is 1.